The first-order valence-corrected chi connectivity index (χ1v) is 9.15. The van der Waals surface area contributed by atoms with Gasteiger partial charge in [0, 0.05) is 0 Å². The first-order valence-electron chi connectivity index (χ1n) is 8.77. The first kappa shape index (κ1) is 18.0. The van der Waals surface area contributed by atoms with Crippen LogP contribution in [-0.2, 0) is 0 Å². The molecule has 25 heavy (non-hydrogen) atoms. The van der Waals surface area contributed by atoms with E-state index in [0.717, 1.165) is 57.5 Å². The second kappa shape index (κ2) is 7.64. The van der Waals surface area contributed by atoms with E-state index in [9.17, 15) is 15.2 Å². The molecule has 0 bridgehead atoms. The average molecular weight is 364 g/mol. The van der Waals surface area contributed by atoms with Gasteiger partial charge in [-0.3, -0.25) is 10.1 Å². The molecule has 0 radical (unpaired) electrons. The van der Waals surface area contributed by atoms with E-state index in [2.05, 4.69) is 12.4 Å². The molecule has 0 aromatic heterocycles. The number of halogens is 1. The number of hydrogen-bond donors (Lipinski definition) is 1. The number of likely N-dealkylation sites (tertiary alicyclic amines) is 1. The Morgan fingerprint density at radius 1 is 1.16 bits per heavy atom. The number of nitrogens with zero attached hydrogens (tertiary/aromatic N) is 3. The molecule has 0 aliphatic carbocycles. The Morgan fingerprint density at radius 2 is 1.72 bits per heavy atom. The van der Waals surface area contributed by atoms with E-state index in [1.54, 1.807) is 12.1 Å². The van der Waals surface area contributed by atoms with E-state index in [4.69, 9.17) is 11.6 Å². The maximum atomic E-state index is 10.9. The number of aliphatic hydroxyl groups is 1. The van der Waals surface area contributed by atoms with Gasteiger partial charge in [-0.25, -0.2) is 0 Å². The van der Waals surface area contributed by atoms with Gasteiger partial charge in [0.25, 0.3) is 5.69 Å². The zero-order valence-corrected chi connectivity index (χ0v) is 15.0. The van der Waals surface area contributed by atoms with Gasteiger partial charge in [0.1, 0.15) is 0 Å². The summed E-state index contributed by atoms with van der Waals surface area (Å²) in [6, 6.07) is 4.97. The van der Waals surface area contributed by atoms with E-state index in [-0.39, 0.29) is 16.5 Å². The van der Waals surface area contributed by atoms with Crippen LogP contribution in [0.25, 0.3) is 0 Å². The van der Waals surface area contributed by atoms with Gasteiger partial charge in [-0.2, -0.15) is 0 Å². The number of aliphatic hydroxyl groups excluding tert-OH is 1. The zero-order chi connectivity index (χ0) is 18.0. The minimum atomic E-state index is -0.453. The van der Waals surface area contributed by atoms with Gasteiger partial charge in [-0.05, 0) is 0 Å². The fraction of sp³-hybridized carbons (Fsp3) is 0.588. The zero-order valence-electron chi connectivity index (χ0n) is 14.2. The Morgan fingerprint density at radius 3 is 2.20 bits per heavy atom. The van der Waals surface area contributed by atoms with Gasteiger partial charge in [0.15, 0.2) is 0 Å². The topological polar surface area (TPSA) is 69.8 Å². The van der Waals surface area contributed by atoms with Gasteiger partial charge in [0.05, 0.1) is 4.92 Å². The number of nitro benzene ring substituents is 1. The molecule has 2 heterocycles. The molecule has 0 spiro atoms. The van der Waals surface area contributed by atoms with Crippen LogP contribution >= 0.6 is 11.6 Å². The second-order valence-corrected chi connectivity index (χ2v) is 7.37. The Bertz CT molecular complexity index is 657. The standard InChI is InChI=1S/C17H23BClN3O3/c18-17(23)21-9-5-13(6-10-21)12-3-7-20(8-4-12)14-1-2-16(22(24)25)15(19)11-14/h1-2,11-13,18,23H,3-10H2. The van der Waals surface area contributed by atoms with Crippen molar-refractivity contribution in [3.05, 3.63) is 33.3 Å². The quantitative estimate of drug-likeness (QED) is 0.506. The summed E-state index contributed by atoms with van der Waals surface area (Å²) < 4.78 is 0. The van der Waals surface area contributed by atoms with E-state index in [1.807, 2.05) is 4.90 Å². The molecule has 134 valence electrons. The molecule has 1 aromatic rings. The fourth-order valence-electron chi connectivity index (χ4n) is 4.10. The van der Waals surface area contributed by atoms with Crippen LogP contribution in [0.5, 0.6) is 0 Å². The van der Waals surface area contributed by atoms with Crippen molar-refractivity contribution in [3.63, 3.8) is 0 Å². The summed E-state index contributed by atoms with van der Waals surface area (Å²) in [5.41, 5.74) is 0.915. The summed E-state index contributed by atoms with van der Waals surface area (Å²) in [4.78, 5) is 14.6. The first-order chi connectivity index (χ1) is 12.0. The summed E-state index contributed by atoms with van der Waals surface area (Å²) in [7, 11) is 3.61. The molecule has 0 amide bonds. The van der Waals surface area contributed by atoms with Crippen LogP contribution in [-0.4, -0.2) is 54.4 Å². The summed E-state index contributed by atoms with van der Waals surface area (Å²) in [6.45, 7) is 3.67. The molecule has 0 unspecified atom stereocenters. The van der Waals surface area contributed by atoms with Gasteiger partial charge in [0.2, 0.25) is 0 Å². The molecule has 0 atom stereocenters. The van der Waals surface area contributed by atoms with Crippen LogP contribution in [0.15, 0.2) is 18.2 Å². The summed E-state index contributed by atoms with van der Waals surface area (Å²) >= 11 is 6.03. The van der Waals surface area contributed by atoms with Crippen molar-refractivity contribution >= 4 is 36.2 Å². The van der Waals surface area contributed by atoms with E-state index >= 15 is 0 Å². The van der Waals surface area contributed by atoms with Crippen LogP contribution in [0.2, 0.25) is 5.02 Å². The number of anilines is 1. The van der Waals surface area contributed by atoms with E-state index < -0.39 is 4.92 Å². The van der Waals surface area contributed by atoms with Gasteiger partial charge in [-0.1, -0.05) is 11.6 Å². The third-order valence-electron chi connectivity index (χ3n) is 5.60. The SMILES string of the molecule is B=C(O)N1CCC(C2CCN(c3ccc([N+](=O)[O-])c(Cl)c3)CC2)CC1. The van der Waals surface area contributed by atoms with Crippen molar-refractivity contribution in [1.82, 2.24) is 4.90 Å². The van der Waals surface area contributed by atoms with Crippen LogP contribution in [0.4, 0.5) is 11.4 Å². The summed E-state index contributed by atoms with van der Waals surface area (Å²) in [5.74, 6) is 1.60. The molecule has 1 N–H and O–H groups in total. The normalized spacial score (nSPS) is 19.8. The van der Waals surface area contributed by atoms with Crippen molar-refractivity contribution in [3.8, 4) is 0 Å². The Labute approximate surface area is 153 Å². The number of nitro groups is 1. The second-order valence-electron chi connectivity index (χ2n) is 6.96. The third kappa shape index (κ3) is 4.08. The fourth-order valence-corrected chi connectivity index (χ4v) is 4.34. The van der Waals surface area contributed by atoms with Crippen molar-refractivity contribution in [1.29, 1.82) is 0 Å². The van der Waals surface area contributed by atoms with Crippen LogP contribution in [0.1, 0.15) is 25.7 Å². The predicted octanol–water partition coefficient (Wildman–Crippen LogP) is 2.54. The maximum absolute atomic E-state index is 10.9. The van der Waals surface area contributed by atoms with Crippen molar-refractivity contribution < 1.29 is 10.0 Å². The molecular weight excluding hydrogens is 340 g/mol. The number of hydrogen-bond acceptors (Lipinski definition) is 5. The van der Waals surface area contributed by atoms with Crippen LogP contribution in [0, 0.1) is 22.0 Å². The van der Waals surface area contributed by atoms with Gasteiger partial charge >= 0.3 is 121 Å². The van der Waals surface area contributed by atoms with E-state index in [1.165, 1.54) is 6.07 Å². The molecule has 2 aliphatic heterocycles. The number of piperidine rings is 2. The monoisotopic (exact) mass is 363 g/mol. The average Bonchev–Trinajstić information content (AvgIpc) is 2.61. The van der Waals surface area contributed by atoms with Crippen LogP contribution < -0.4 is 4.90 Å². The van der Waals surface area contributed by atoms with E-state index in [0.29, 0.717) is 11.8 Å². The third-order valence-corrected chi connectivity index (χ3v) is 5.91. The molecule has 1 aromatic carbocycles. The number of rotatable bonds is 4. The molecule has 2 saturated heterocycles. The van der Waals surface area contributed by atoms with Crippen LogP contribution in [0.3, 0.4) is 0 Å². The molecule has 6 nitrogen and oxygen atoms in total. The number of benzene rings is 1. The van der Waals surface area contributed by atoms with Crippen molar-refractivity contribution in [2.24, 2.45) is 11.8 Å². The Kier molecular flexibility index (Phi) is 5.52. The predicted molar refractivity (Wildman–Crippen MR) is 101 cm³/mol. The molecule has 8 heteroatoms. The Hall–Kier alpha value is -1.76. The molecule has 0 saturated carbocycles. The van der Waals surface area contributed by atoms with Crippen molar-refractivity contribution in [2.45, 2.75) is 25.7 Å². The molecular formula is C17H23BClN3O3. The van der Waals surface area contributed by atoms with Gasteiger partial charge < -0.3 is 0 Å². The molecule has 2 fully saturated rings. The van der Waals surface area contributed by atoms with Gasteiger partial charge in [-0.15, -0.1) is 0 Å². The minimum absolute atomic E-state index is 0.0440. The molecule has 3 rings (SSSR count). The summed E-state index contributed by atoms with van der Waals surface area (Å²) in [5, 5.41) is 20.6. The van der Waals surface area contributed by atoms with Crippen molar-refractivity contribution in [2.75, 3.05) is 31.1 Å². The molecule has 2 aliphatic rings. The Balaban J connectivity index is 1.55. The summed E-state index contributed by atoms with van der Waals surface area (Å²) in [6.07, 6.45) is 4.46.